The van der Waals surface area contributed by atoms with Crippen LogP contribution in [0, 0.1) is 11.8 Å². The third kappa shape index (κ3) is 3.86. The normalized spacial score (nSPS) is 12.6. The molecule has 0 saturated heterocycles. The standard InChI is InChI=1S/C13H17ClO2/c1-9(2)13(10(3)15)8-16-12-6-4-5-11(14)7-12/h4-7,9,13H,8H2,1-3H3. The second-order valence-electron chi connectivity index (χ2n) is 4.23. The molecule has 0 spiro atoms. The van der Waals surface area contributed by atoms with Crippen LogP contribution in [-0.4, -0.2) is 12.4 Å². The Balaban J connectivity index is 2.59. The van der Waals surface area contributed by atoms with Crippen molar-refractivity contribution in [3.05, 3.63) is 29.3 Å². The monoisotopic (exact) mass is 240 g/mol. The smallest absolute Gasteiger partial charge is 0.136 e. The van der Waals surface area contributed by atoms with E-state index in [4.69, 9.17) is 16.3 Å². The van der Waals surface area contributed by atoms with Crippen LogP contribution in [0.25, 0.3) is 0 Å². The molecule has 1 atom stereocenters. The Kier molecular flexibility index (Phi) is 4.81. The van der Waals surface area contributed by atoms with Crippen molar-refractivity contribution < 1.29 is 9.53 Å². The molecular weight excluding hydrogens is 224 g/mol. The molecule has 0 N–H and O–H groups in total. The fourth-order valence-electron chi connectivity index (χ4n) is 1.52. The molecule has 16 heavy (non-hydrogen) atoms. The average molecular weight is 241 g/mol. The van der Waals surface area contributed by atoms with Crippen molar-refractivity contribution in [2.24, 2.45) is 11.8 Å². The van der Waals surface area contributed by atoms with Crippen LogP contribution in [0.15, 0.2) is 24.3 Å². The molecule has 0 radical (unpaired) electrons. The van der Waals surface area contributed by atoms with Crippen molar-refractivity contribution in [1.82, 2.24) is 0 Å². The van der Waals surface area contributed by atoms with Gasteiger partial charge in [-0.25, -0.2) is 0 Å². The Hall–Kier alpha value is -1.02. The number of Topliss-reactive ketones (excluding diaryl/α,β-unsaturated/α-hetero) is 1. The summed E-state index contributed by atoms with van der Waals surface area (Å²) in [5.74, 6) is 1.10. The lowest BCUT2D eigenvalue weighted by molar-refractivity contribution is -0.123. The third-order valence-corrected chi connectivity index (χ3v) is 2.79. The minimum Gasteiger partial charge on any atom is -0.493 e. The fourth-order valence-corrected chi connectivity index (χ4v) is 1.70. The second-order valence-corrected chi connectivity index (χ2v) is 4.67. The summed E-state index contributed by atoms with van der Waals surface area (Å²) in [6.45, 7) is 6.06. The van der Waals surface area contributed by atoms with E-state index in [1.165, 1.54) is 0 Å². The minimum absolute atomic E-state index is 0.0565. The lowest BCUT2D eigenvalue weighted by Crippen LogP contribution is -2.24. The maximum Gasteiger partial charge on any atom is 0.136 e. The van der Waals surface area contributed by atoms with Gasteiger partial charge >= 0.3 is 0 Å². The molecule has 88 valence electrons. The number of hydrogen-bond acceptors (Lipinski definition) is 2. The van der Waals surface area contributed by atoms with Crippen LogP contribution >= 0.6 is 11.6 Å². The zero-order chi connectivity index (χ0) is 12.1. The van der Waals surface area contributed by atoms with Gasteiger partial charge in [0.2, 0.25) is 0 Å². The first kappa shape index (κ1) is 13.0. The Labute approximate surface area is 102 Å². The third-order valence-electron chi connectivity index (χ3n) is 2.55. The van der Waals surface area contributed by atoms with Gasteiger partial charge in [-0.2, -0.15) is 0 Å². The van der Waals surface area contributed by atoms with Gasteiger partial charge in [0.15, 0.2) is 0 Å². The molecule has 1 rings (SSSR count). The van der Waals surface area contributed by atoms with Gasteiger partial charge in [-0.05, 0) is 31.0 Å². The van der Waals surface area contributed by atoms with Crippen LogP contribution in [0.2, 0.25) is 5.02 Å². The van der Waals surface area contributed by atoms with E-state index in [1.807, 2.05) is 26.0 Å². The zero-order valence-corrected chi connectivity index (χ0v) is 10.6. The quantitative estimate of drug-likeness (QED) is 0.786. The van der Waals surface area contributed by atoms with E-state index in [-0.39, 0.29) is 17.6 Å². The van der Waals surface area contributed by atoms with Gasteiger partial charge in [0.05, 0.1) is 12.5 Å². The Morgan fingerprint density at radius 1 is 1.44 bits per heavy atom. The van der Waals surface area contributed by atoms with Crippen molar-refractivity contribution in [2.75, 3.05) is 6.61 Å². The number of ketones is 1. The first-order valence-electron chi connectivity index (χ1n) is 5.39. The van der Waals surface area contributed by atoms with Crippen molar-refractivity contribution in [2.45, 2.75) is 20.8 Å². The molecule has 0 heterocycles. The van der Waals surface area contributed by atoms with Crippen molar-refractivity contribution in [3.8, 4) is 5.75 Å². The molecule has 0 aliphatic carbocycles. The number of carbonyl (C=O) groups excluding carboxylic acids is 1. The molecule has 0 aromatic heterocycles. The van der Waals surface area contributed by atoms with Crippen molar-refractivity contribution in [1.29, 1.82) is 0 Å². The van der Waals surface area contributed by atoms with E-state index in [1.54, 1.807) is 19.1 Å². The maximum absolute atomic E-state index is 11.4. The van der Waals surface area contributed by atoms with Crippen molar-refractivity contribution in [3.63, 3.8) is 0 Å². The average Bonchev–Trinajstić information content (AvgIpc) is 2.16. The van der Waals surface area contributed by atoms with E-state index in [0.29, 0.717) is 17.4 Å². The predicted molar refractivity (Wildman–Crippen MR) is 66.0 cm³/mol. The van der Waals surface area contributed by atoms with Gasteiger partial charge in [0.25, 0.3) is 0 Å². The summed E-state index contributed by atoms with van der Waals surface area (Å²) < 4.78 is 5.57. The summed E-state index contributed by atoms with van der Waals surface area (Å²) in [6.07, 6.45) is 0. The van der Waals surface area contributed by atoms with Crippen LogP contribution in [-0.2, 0) is 4.79 Å². The number of halogens is 1. The lowest BCUT2D eigenvalue weighted by Gasteiger charge is -2.18. The molecule has 0 saturated carbocycles. The van der Waals surface area contributed by atoms with Gasteiger partial charge in [-0.15, -0.1) is 0 Å². The molecule has 0 bridgehead atoms. The SMILES string of the molecule is CC(=O)C(COc1cccc(Cl)c1)C(C)C. The number of hydrogen-bond donors (Lipinski definition) is 0. The van der Waals surface area contributed by atoms with Crippen LogP contribution in [0.4, 0.5) is 0 Å². The van der Waals surface area contributed by atoms with Gasteiger partial charge in [0, 0.05) is 5.02 Å². The Bertz CT molecular complexity index is 361. The molecule has 1 aromatic carbocycles. The zero-order valence-electron chi connectivity index (χ0n) is 9.87. The van der Waals surface area contributed by atoms with Gasteiger partial charge in [-0.3, -0.25) is 4.79 Å². The van der Waals surface area contributed by atoms with Crippen LogP contribution < -0.4 is 4.74 Å². The lowest BCUT2D eigenvalue weighted by atomic mass is 9.93. The van der Waals surface area contributed by atoms with Crippen LogP contribution in [0.5, 0.6) is 5.75 Å². The largest absolute Gasteiger partial charge is 0.493 e. The molecular formula is C13H17ClO2. The van der Waals surface area contributed by atoms with E-state index < -0.39 is 0 Å². The van der Waals surface area contributed by atoms with Crippen molar-refractivity contribution >= 4 is 17.4 Å². The molecule has 0 aliphatic heterocycles. The molecule has 0 fully saturated rings. The number of ether oxygens (including phenoxy) is 1. The topological polar surface area (TPSA) is 26.3 Å². The summed E-state index contributed by atoms with van der Waals surface area (Å²) in [6, 6.07) is 7.21. The van der Waals surface area contributed by atoms with Crippen LogP contribution in [0.1, 0.15) is 20.8 Å². The minimum atomic E-state index is -0.0565. The fraction of sp³-hybridized carbons (Fsp3) is 0.462. The summed E-state index contributed by atoms with van der Waals surface area (Å²) in [5.41, 5.74) is 0. The molecule has 3 heteroatoms. The highest BCUT2D eigenvalue weighted by Crippen LogP contribution is 2.19. The maximum atomic E-state index is 11.4. The highest BCUT2D eigenvalue weighted by Gasteiger charge is 2.19. The number of benzene rings is 1. The van der Waals surface area contributed by atoms with Crippen LogP contribution in [0.3, 0.4) is 0 Å². The number of carbonyl (C=O) groups is 1. The molecule has 0 aliphatic rings. The summed E-state index contributed by atoms with van der Waals surface area (Å²) >= 11 is 5.84. The summed E-state index contributed by atoms with van der Waals surface area (Å²) in [5, 5.41) is 0.640. The Morgan fingerprint density at radius 2 is 2.12 bits per heavy atom. The molecule has 1 unspecified atom stereocenters. The second kappa shape index (κ2) is 5.90. The first-order valence-corrected chi connectivity index (χ1v) is 5.77. The highest BCUT2D eigenvalue weighted by molar-refractivity contribution is 6.30. The Morgan fingerprint density at radius 3 is 2.62 bits per heavy atom. The van der Waals surface area contributed by atoms with E-state index in [9.17, 15) is 4.79 Å². The molecule has 2 nitrogen and oxygen atoms in total. The summed E-state index contributed by atoms with van der Waals surface area (Å²) in [7, 11) is 0. The molecule has 1 aromatic rings. The first-order chi connectivity index (χ1) is 7.50. The van der Waals surface area contributed by atoms with Gasteiger partial charge in [0.1, 0.15) is 11.5 Å². The van der Waals surface area contributed by atoms with E-state index in [2.05, 4.69) is 0 Å². The van der Waals surface area contributed by atoms with Gasteiger partial charge < -0.3 is 4.74 Å². The van der Waals surface area contributed by atoms with Gasteiger partial charge in [-0.1, -0.05) is 31.5 Å². The molecule has 0 amide bonds. The van der Waals surface area contributed by atoms with E-state index in [0.717, 1.165) is 0 Å². The van der Waals surface area contributed by atoms with E-state index >= 15 is 0 Å². The number of rotatable bonds is 5. The highest BCUT2D eigenvalue weighted by atomic mass is 35.5. The summed E-state index contributed by atoms with van der Waals surface area (Å²) in [4.78, 5) is 11.4. The predicted octanol–water partition coefficient (Wildman–Crippen LogP) is 3.58.